The molecule has 26 heavy (non-hydrogen) atoms. The van der Waals surface area contributed by atoms with E-state index in [1.54, 1.807) is 40.1 Å². The highest BCUT2D eigenvalue weighted by Gasteiger charge is 2.16. The van der Waals surface area contributed by atoms with E-state index in [-0.39, 0.29) is 6.54 Å². The lowest BCUT2D eigenvalue weighted by atomic mass is 10.2. The van der Waals surface area contributed by atoms with Crippen LogP contribution >= 0.6 is 0 Å². The number of rotatable bonds is 4. The van der Waals surface area contributed by atoms with Crippen LogP contribution in [-0.4, -0.2) is 36.4 Å². The Balaban J connectivity index is 1.63. The van der Waals surface area contributed by atoms with E-state index in [1.807, 2.05) is 27.0 Å². The molecule has 0 saturated carbocycles. The van der Waals surface area contributed by atoms with E-state index in [2.05, 4.69) is 25.9 Å². The van der Waals surface area contributed by atoms with Gasteiger partial charge in [0.25, 0.3) is 0 Å². The third-order valence-corrected chi connectivity index (χ3v) is 4.11. The zero-order chi connectivity index (χ0) is 18.7. The Hall–Kier alpha value is -3.49. The molecule has 0 fully saturated rings. The SMILES string of the molecule is Cc1nn(C)c(C)c1CNC(=O)C(=O)Nc1cccc(-n2cnnc2)c1. The number of nitrogens with one attached hydrogen (secondary N) is 2. The zero-order valence-corrected chi connectivity index (χ0v) is 14.7. The molecule has 2 amide bonds. The van der Waals surface area contributed by atoms with Crippen molar-refractivity contribution in [2.45, 2.75) is 20.4 Å². The van der Waals surface area contributed by atoms with Gasteiger partial charge in [-0.05, 0) is 32.0 Å². The van der Waals surface area contributed by atoms with Crippen LogP contribution in [0.5, 0.6) is 0 Å². The van der Waals surface area contributed by atoms with Gasteiger partial charge in [0.15, 0.2) is 0 Å². The maximum Gasteiger partial charge on any atom is 0.313 e. The molecule has 0 bridgehead atoms. The van der Waals surface area contributed by atoms with Crippen LogP contribution < -0.4 is 10.6 Å². The van der Waals surface area contributed by atoms with E-state index >= 15 is 0 Å². The van der Waals surface area contributed by atoms with Crippen LogP contribution in [0.15, 0.2) is 36.9 Å². The van der Waals surface area contributed by atoms with Crippen molar-refractivity contribution >= 4 is 17.5 Å². The summed E-state index contributed by atoms with van der Waals surface area (Å²) < 4.78 is 3.44. The third-order valence-electron chi connectivity index (χ3n) is 4.11. The molecule has 2 heterocycles. The molecule has 0 aliphatic carbocycles. The van der Waals surface area contributed by atoms with Crippen LogP contribution in [0.2, 0.25) is 0 Å². The lowest BCUT2D eigenvalue weighted by Gasteiger charge is -2.08. The molecular weight excluding hydrogens is 334 g/mol. The number of aryl methyl sites for hydroxylation is 2. The van der Waals surface area contributed by atoms with Gasteiger partial charge in [0.1, 0.15) is 12.7 Å². The molecule has 3 rings (SSSR count). The molecule has 2 N–H and O–H groups in total. The maximum atomic E-state index is 12.1. The summed E-state index contributed by atoms with van der Waals surface area (Å²) in [5.41, 5.74) is 3.96. The lowest BCUT2D eigenvalue weighted by molar-refractivity contribution is -0.136. The topological polar surface area (TPSA) is 107 Å². The minimum Gasteiger partial charge on any atom is -0.344 e. The Morgan fingerprint density at radius 1 is 1.12 bits per heavy atom. The number of benzene rings is 1. The Kier molecular flexibility index (Phi) is 4.78. The number of hydrogen-bond acceptors (Lipinski definition) is 5. The van der Waals surface area contributed by atoms with E-state index in [0.29, 0.717) is 5.69 Å². The van der Waals surface area contributed by atoms with E-state index in [0.717, 1.165) is 22.6 Å². The van der Waals surface area contributed by atoms with Gasteiger partial charge in [0.2, 0.25) is 0 Å². The Labute approximate surface area is 150 Å². The van der Waals surface area contributed by atoms with Gasteiger partial charge in [-0.3, -0.25) is 18.8 Å². The van der Waals surface area contributed by atoms with Crippen molar-refractivity contribution in [2.75, 3.05) is 5.32 Å². The molecule has 0 radical (unpaired) electrons. The molecule has 3 aromatic rings. The van der Waals surface area contributed by atoms with E-state index in [4.69, 9.17) is 0 Å². The van der Waals surface area contributed by atoms with Gasteiger partial charge in [-0.2, -0.15) is 5.10 Å². The molecule has 9 heteroatoms. The van der Waals surface area contributed by atoms with Crippen molar-refractivity contribution in [3.63, 3.8) is 0 Å². The minimum atomic E-state index is -0.731. The van der Waals surface area contributed by atoms with Crippen LogP contribution in [0.3, 0.4) is 0 Å². The first kappa shape index (κ1) is 17.3. The summed E-state index contributed by atoms with van der Waals surface area (Å²) >= 11 is 0. The van der Waals surface area contributed by atoms with Gasteiger partial charge in [-0.25, -0.2) is 0 Å². The standard InChI is InChI=1S/C17H19N7O2/c1-11-15(12(2)23(3)22-11)8-18-16(25)17(26)21-13-5-4-6-14(7-13)24-9-19-20-10-24/h4-7,9-10H,8H2,1-3H3,(H,18,25)(H,21,26). The maximum absolute atomic E-state index is 12.1. The van der Waals surface area contributed by atoms with E-state index < -0.39 is 11.8 Å². The normalized spacial score (nSPS) is 10.6. The van der Waals surface area contributed by atoms with Crippen molar-refractivity contribution in [1.29, 1.82) is 0 Å². The molecule has 9 nitrogen and oxygen atoms in total. The largest absolute Gasteiger partial charge is 0.344 e. The average molecular weight is 353 g/mol. The summed E-state index contributed by atoms with van der Waals surface area (Å²) in [6.45, 7) is 4.03. The summed E-state index contributed by atoms with van der Waals surface area (Å²) in [5.74, 6) is -1.44. The molecule has 134 valence electrons. The Bertz CT molecular complexity index is 944. The molecule has 0 spiro atoms. The smallest absolute Gasteiger partial charge is 0.313 e. The fraction of sp³-hybridized carbons (Fsp3) is 0.235. The van der Waals surface area contributed by atoms with Gasteiger partial charge >= 0.3 is 11.8 Å². The van der Waals surface area contributed by atoms with E-state index in [9.17, 15) is 9.59 Å². The fourth-order valence-corrected chi connectivity index (χ4v) is 2.59. The van der Waals surface area contributed by atoms with Gasteiger partial charge in [-0.15, -0.1) is 10.2 Å². The quantitative estimate of drug-likeness (QED) is 0.677. The van der Waals surface area contributed by atoms with Crippen molar-refractivity contribution in [3.8, 4) is 5.69 Å². The van der Waals surface area contributed by atoms with Crippen molar-refractivity contribution in [3.05, 3.63) is 53.9 Å². The second-order valence-electron chi connectivity index (χ2n) is 5.83. The van der Waals surface area contributed by atoms with Gasteiger partial charge in [0, 0.05) is 30.5 Å². The first-order chi connectivity index (χ1) is 12.5. The number of nitrogens with zero attached hydrogens (tertiary/aromatic N) is 5. The molecule has 2 aromatic heterocycles. The zero-order valence-electron chi connectivity index (χ0n) is 14.7. The highest BCUT2D eigenvalue weighted by molar-refractivity contribution is 6.39. The summed E-state index contributed by atoms with van der Waals surface area (Å²) in [5, 5.41) is 17.0. The number of anilines is 1. The summed E-state index contributed by atoms with van der Waals surface area (Å²) in [4.78, 5) is 24.2. The molecule has 0 aliphatic rings. The fourth-order valence-electron chi connectivity index (χ4n) is 2.59. The molecule has 0 saturated heterocycles. The second-order valence-corrected chi connectivity index (χ2v) is 5.83. The third kappa shape index (κ3) is 3.61. The highest BCUT2D eigenvalue weighted by atomic mass is 16.2. The number of carbonyl (C=O) groups excluding carboxylic acids is 2. The predicted octanol–water partition coefficient (Wildman–Crippen LogP) is 0.873. The summed E-state index contributed by atoms with van der Waals surface area (Å²) in [6, 6.07) is 7.04. The van der Waals surface area contributed by atoms with E-state index in [1.165, 1.54) is 0 Å². The van der Waals surface area contributed by atoms with Crippen LogP contribution in [0.1, 0.15) is 17.0 Å². The Morgan fingerprint density at radius 3 is 2.50 bits per heavy atom. The first-order valence-electron chi connectivity index (χ1n) is 7.99. The Morgan fingerprint density at radius 2 is 1.85 bits per heavy atom. The molecule has 0 aliphatic heterocycles. The van der Waals surface area contributed by atoms with Gasteiger partial charge < -0.3 is 10.6 Å². The monoisotopic (exact) mass is 353 g/mol. The molecule has 1 aromatic carbocycles. The highest BCUT2D eigenvalue weighted by Crippen LogP contribution is 2.14. The number of aromatic nitrogens is 5. The molecular formula is C17H19N7O2. The van der Waals surface area contributed by atoms with Gasteiger partial charge in [0.05, 0.1) is 11.4 Å². The summed E-state index contributed by atoms with van der Waals surface area (Å²) in [6.07, 6.45) is 3.10. The van der Waals surface area contributed by atoms with Crippen molar-refractivity contribution in [1.82, 2.24) is 29.9 Å². The molecule has 0 unspecified atom stereocenters. The number of hydrogen-bond donors (Lipinski definition) is 2. The predicted molar refractivity (Wildman–Crippen MR) is 94.5 cm³/mol. The van der Waals surface area contributed by atoms with Crippen LogP contribution in [-0.2, 0) is 23.2 Å². The average Bonchev–Trinajstić information content (AvgIpc) is 3.23. The second kappa shape index (κ2) is 7.18. The number of carbonyl (C=O) groups is 2. The summed E-state index contributed by atoms with van der Waals surface area (Å²) in [7, 11) is 1.84. The van der Waals surface area contributed by atoms with Crippen molar-refractivity contribution < 1.29 is 9.59 Å². The van der Waals surface area contributed by atoms with Gasteiger partial charge in [-0.1, -0.05) is 6.07 Å². The number of amides is 2. The first-order valence-corrected chi connectivity index (χ1v) is 7.99. The lowest BCUT2D eigenvalue weighted by Crippen LogP contribution is -2.35. The van der Waals surface area contributed by atoms with Crippen molar-refractivity contribution in [2.24, 2.45) is 7.05 Å². The van der Waals surface area contributed by atoms with Crippen LogP contribution in [0.4, 0.5) is 5.69 Å². The van der Waals surface area contributed by atoms with Crippen LogP contribution in [0.25, 0.3) is 5.69 Å². The van der Waals surface area contributed by atoms with Crippen LogP contribution in [0, 0.1) is 13.8 Å². The molecule has 0 atom stereocenters. The minimum absolute atomic E-state index is 0.249.